The minimum Gasteiger partial charge on any atom is -0.433 e. The van der Waals surface area contributed by atoms with Gasteiger partial charge in [-0.1, -0.05) is 11.6 Å². The summed E-state index contributed by atoms with van der Waals surface area (Å²) in [4.78, 5) is 16.3. The first kappa shape index (κ1) is 16.9. The molecule has 3 rings (SSSR count). The fraction of sp³-hybridized carbons (Fsp3) is 0.375. The summed E-state index contributed by atoms with van der Waals surface area (Å²) >= 11 is 5.91. The van der Waals surface area contributed by atoms with E-state index in [0.717, 1.165) is 0 Å². The number of hydrogen-bond donors (Lipinski definition) is 2. The summed E-state index contributed by atoms with van der Waals surface area (Å²) < 4.78 is 28.9. The molecule has 1 aromatic carbocycles. The number of ether oxygens (including phenoxy) is 1. The number of halogens is 3. The highest BCUT2D eigenvalue weighted by Crippen LogP contribution is 2.32. The fourth-order valence-electron chi connectivity index (χ4n) is 2.81. The molecule has 1 saturated carbocycles. The fourth-order valence-corrected chi connectivity index (χ4v) is 3.03. The Bertz CT molecular complexity index is 790. The Labute approximate surface area is 141 Å². The zero-order chi connectivity index (χ0) is 17.5. The van der Waals surface area contributed by atoms with Gasteiger partial charge in [-0.2, -0.15) is 8.78 Å². The normalized spacial score (nSPS) is 23.2. The van der Waals surface area contributed by atoms with Gasteiger partial charge in [-0.3, -0.25) is 9.78 Å². The van der Waals surface area contributed by atoms with Crippen LogP contribution in [-0.2, 0) is 0 Å². The minimum atomic E-state index is -2.98. The Kier molecular flexibility index (Phi) is 4.31. The zero-order valence-electron chi connectivity index (χ0n) is 12.7. The first-order valence-electron chi connectivity index (χ1n) is 7.31. The highest BCUT2D eigenvalue weighted by molar-refractivity contribution is 6.32. The Balaban J connectivity index is 1.79. The molecule has 1 fully saturated rings. The highest BCUT2D eigenvalue weighted by Gasteiger charge is 2.39. The lowest BCUT2D eigenvalue weighted by atomic mass is 9.77. The molecule has 128 valence electrons. The molecule has 1 aliphatic carbocycles. The second-order valence-electron chi connectivity index (χ2n) is 6.15. The van der Waals surface area contributed by atoms with E-state index in [2.05, 4.69) is 15.0 Å². The molecular weight excluding hydrogens is 342 g/mol. The van der Waals surface area contributed by atoms with Crippen LogP contribution in [0, 0.1) is 0 Å². The number of benzene rings is 1. The molecule has 0 unspecified atom stereocenters. The third kappa shape index (κ3) is 3.57. The van der Waals surface area contributed by atoms with Gasteiger partial charge in [0.15, 0.2) is 0 Å². The van der Waals surface area contributed by atoms with E-state index >= 15 is 0 Å². The monoisotopic (exact) mass is 356 g/mol. The van der Waals surface area contributed by atoms with Crippen LogP contribution < -0.4 is 10.1 Å². The number of alkyl halides is 2. The molecule has 2 N–H and O–H groups in total. The number of carbonyl (C=O) groups excluding carboxylic acids is 1. The number of carbonyl (C=O) groups is 1. The Morgan fingerprint density at radius 1 is 1.46 bits per heavy atom. The quantitative estimate of drug-likeness (QED) is 0.883. The summed E-state index contributed by atoms with van der Waals surface area (Å²) in [5.41, 5.74) is -0.0143. The van der Waals surface area contributed by atoms with Crippen LogP contribution in [0.2, 0.25) is 5.02 Å². The van der Waals surface area contributed by atoms with Crippen LogP contribution in [0.1, 0.15) is 30.1 Å². The van der Waals surface area contributed by atoms with Crippen molar-refractivity contribution in [2.75, 3.05) is 0 Å². The minimum absolute atomic E-state index is 0.0113. The number of aromatic nitrogens is 1. The third-order valence-electron chi connectivity index (χ3n) is 3.92. The largest absolute Gasteiger partial charge is 0.433 e. The molecule has 1 amide bonds. The molecule has 2 aromatic rings. The van der Waals surface area contributed by atoms with Crippen molar-refractivity contribution in [2.45, 2.75) is 38.0 Å². The maximum Gasteiger partial charge on any atom is 0.387 e. The number of pyridine rings is 1. The van der Waals surface area contributed by atoms with Crippen molar-refractivity contribution < 1.29 is 23.4 Å². The Morgan fingerprint density at radius 2 is 2.17 bits per heavy atom. The molecule has 1 aliphatic rings. The smallest absolute Gasteiger partial charge is 0.387 e. The summed E-state index contributed by atoms with van der Waals surface area (Å²) in [6.45, 7) is -1.27. The van der Waals surface area contributed by atoms with E-state index < -0.39 is 12.2 Å². The van der Waals surface area contributed by atoms with Crippen molar-refractivity contribution in [3.63, 3.8) is 0 Å². The Hall–Kier alpha value is -1.99. The molecular formula is C16H15ClF2N2O3. The van der Waals surface area contributed by atoms with Crippen LogP contribution in [0.3, 0.4) is 0 Å². The Morgan fingerprint density at radius 3 is 2.79 bits per heavy atom. The van der Waals surface area contributed by atoms with Gasteiger partial charge in [0.2, 0.25) is 0 Å². The van der Waals surface area contributed by atoms with Crippen LogP contribution in [0.25, 0.3) is 10.9 Å². The zero-order valence-corrected chi connectivity index (χ0v) is 13.5. The van der Waals surface area contributed by atoms with Crippen molar-refractivity contribution >= 4 is 28.4 Å². The number of nitrogens with zero attached hydrogens (tertiary/aromatic N) is 1. The van der Waals surface area contributed by atoms with Gasteiger partial charge in [0, 0.05) is 23.7 Å². The van der Waals surface area contributed by atoms with Gasteiger partial charge in [-0.05, 0) is 31.9 Å². The maximum atomic E-state index is 12.3. The number of hydrogen-bond acceptors (Lipinski definition) is 4. The highest BCUT2D eigenvalue weighted by atomic mass is 35.5. The lowest BCUT2D eigenvalue weighted by molar-refractivity contribution is -0.0497. The molecule has 0 radical (unpaired) electrons. The van der Waals surface area contributed by atoms with Gasteiger partial charge < -0.3 is 15.2 Å². The first-order chi connectivity index (χ1) is 11.2. The molecule has 1 aromatic heterocycles. The van der Waals surface area contributed by atoms with Gasteiger partial charge in [-0.15, -0.1) is 0 Å². The van der Waals surface area contributed by atoms with Crippen molar-refractivity contribution in [1.82, 2.24) is 10.3 Å². The number of nitrogens with one attached hydrogen (secondary N) is 1. The van der Waals surface area contributed by atoms with Gasteiger partial charge in [0.05, 0.1) is 21.7 Å². The van der Waals surface area contributed by atoms with E-state index in [0.29, 0.717) is 29.3 Å². The summed E-state index contributed by atoms with van der Waals surface area (Å²) in [6.07, 6.45) is 2.36. The van der Waals surface area contributed by atoms with Crippen molar-refractivity contribution in [3.8, 4) is 5.75 Å². The molecule has 24 heavy (non-hydrogen) atoms. The molecule has 0 bridgehead atoms. The standard InChI is InChI=1S/C16H15ClF2N2O3/c1-16(23)5-10(6-16)21-14(22)9-2-8-3-11(17)13(24-15(18)19)4-12(8)20-7-9/h2-4,7,10,15,23H,5-6H2,1H3,(H,21,22)/t10-,16+. The molecule has 0 saturated heterocycles. The second-order valence-corrected chi connectivity index (χ2v) is 6.56. The van der Waals surface area contributed by atoms with Crippen LogP contribution >= 0.6 is 11.6 Å². The van der Waals surface area contributed by atoms with E-state index in [1.54, 1.807) is 13.0 Å². The number of rotatable bonds is 4. The lowest BCUT2D eigenvalue weighted by Crippen LogP contribution is -2.53. The summed E-state index contributed by atoms with van der Waals surface area (Å²) in [7, 11) is 0. The predicted octanol–water partition coefficient (Wildman–Crippen LogP) is 3.13. The van der Waals surface area contributed by atoms with E-state index in [4.69, 9.17) is 11.6 Å². The average molecular weight is 357 g/mol. The second kappa shape index (κ2) is 6.14. The molecule has 5 nitrogen and oxygen atoms in total. The number of amides is 1. The molecule has 0 spiro atoms. The van der Waals surface area contributed by atoms with E-state index in [1.807, 2.05) is 0 Å². The average Bonchev–Trinajstić information content (AvgIpc) is 2.45. The maximum absolute atomic E-state index is 12.3. The van der Waals surface area contributed by atoms with E-state index in [-0.39, 0.29) is 22.7 Å². The van der Waals surface area contributed by atoms with Gasteiger partial charge in [0.1, 0.15) is 5.75 Å². The van der Waals surface area contributed by atoms with E-state index in [9.17, 15) is 18.7 Å². The lowest BCUT2D eigenvalue weighted by Gasteiger charge is -2.41. The van der Waals surface area contributed by atoms with Crippen LogP contribution in [0.5, 0.6) is 5.75 Å². The topological polar surface area (TPSA) is 71.5 Å². The van der Waals surface area contributed by atoms with Crippen LogP contribution in [0.15, 0.2) is 24.4 Å². The third-order valence-corrected chi connectivity index (χ3v) is 4.22. The molecule has 0 aliphatic heterocycles. The van der Waals surface area contributed by atoms with Crippen molar-refractivity contribution in [1.29, 1.82) is 0 Å². The van der Waals surface area contributed by atoms with Crippen LogP contribution in [-0.4, -0.2) is 34.3 Å². The molecule has 0 atom stereocenters. The van der Waals surface area contributed by atoms with Gasteiger partial charge >= 0.3 is 6.61 Å². The van der Waals surface area contributed by atoms with Crippen LogP contribution in [0.4, 0.5) is 8.78 Å². The summed E-state index contributed by atoms with van der Waals surface area (Å²) in [5.74, 6) is -0.477. The van der Waals surface area contributed by atoms with Crippen molar-refractivity contribution in [3.05, 3.63) is 35.0 Å². The molecule has 1 heterocycles. The molecule has 8 heteroatoms. The number of aliphatic hydroxyl groups is 1. The predicted molar refractivity (Wildman–Crippen MR) is 84.5 cm³/mol. The summed E-state index contributed by atoms with van der Waals surface area (Å²) in [5, 5.41) is 13.0. The van der Waals surface area contributed by atoms with E-state index in [1.165, 1.54) is 18.3 Å². The number of fused-ring (bicyclic) bond motifs is 1. The summed E-state index contributed by atoms with van der Waals surface area (Å²) in [6, 6.07) is 4.22. The first-order valence-corrected chi connectivity index (χ1v) is 7.69. The van der Waals surface area contributed by atoms with Crippen molar-refractivity contribution in [2.24, 2.45) is 0 Å². The van der Waals surface area contributed by atoms with Gasteiger partial charge in [-0.25, -0.2) is 0 Å². The SMILES string of the molecule is C[C@]1(O)C[C@@H](NC(=O)c2cnc3cc(OC(F)F)c(Cl)cc3c2)C1. The van der Waals surface area contributed by atoms with Gasteiger partial charge in [0.25, 0.3) is 5.91 Å².